The van der Waals surface area contributed by atoms with E-state index in [9.17, 15) is 0 Å². The minimum atomic E-state index is 0.450. The van der Waals surface area contributed by atoms with Gasteiger partial charge in [-0.2, -0.15) is 0 Å². The molecule has 0 fully saturated rings. The van der Waals surface area contributed by atoms with Crippen LogP contribution in [0.4, 0.5) is 0 Å². The highest BCUT2D eigenvalue weighted by atomic mass is 79.9. The predicted octanol–water partition coefficient (Wildman–Crippen LogP) is 4.84. The molecule has 0 aliphatic carbocycles. The molecule has 1 N–H and O–H groups in total. The van der Waals surface area contributed by atoms with Crippen LogP contribution in [0.15, 0.2) is 22.7 Å². The summed E-state index contributed by atoms with van der Waals surface area (Å²) in [6.45, 7) is 6.75. The molecule has 0 aliphatic rings. The molecule has 1 nitrogen and oxygen atoms in total. The van der Waals surface area contributed by atoms with Gasteiger partial charge in [-0.05, 0) is 37.9 Å². The number of rotatable bonds is 6. The molecule has 0 heterocycles. The van der Waals surface area contributed by atoms with Crippen LogP contribution in [0.1, 0.15) is 50.3 Å². The zero-order chi connectivity index (χ0) is 12.8. The van der Waals surface area contributed by atoms with E-state index in [-0.39, 0.29) is 0 Å². The summed E-state index contributed by atoms with van der Waals surface area (Å²) in [5, 5.41) is 3.45. The van der Waals surface area contributed by atoms with Crippen LogP contribution >= 0.6 is 15.9 Å². The van der Waals surface area contributed by atoms with Gasteiger partial charge in [0.15, 0.2) is 0 Å². The summed E-state index contributed by atoms with van der Waals surface area (Å²) < 4.78 is 1.21. The highest BCUT2D eigenvalue weighted by Crippen LogP contribution is 2.29. The van der Waals surface area contributed by atoms with E-state index in [1.807, 2.05) is 0 Å². The summed E-state index contributed by atoms with van der Waals surface area (Å²) in [7, 11) is 2.05. The monoisotopic (exact) mass is 297 g/mol. The molecule has 17 heavy (non-hydrogen) atoms. The molecule has 0 aromatic heterocycles. The first-order chi connectivity index (χ1) is 8.08. The van der Waals surface area contributed by atoms with Gasteiger partial charge in [0.2, 0.25) is 0 Å². The van der Waals surface area contributed by atoms with Crippen molar-refractivity contribution in [1.29, 1.82) is 0 Å². The van der Waals surface area contributed by atoms with Crippen molar-refractivity contribution in [2.24, 2.45) is 5.92 Å². The third kappa shape index (κ3) is 4.44. The average molecular weight is 298 g/mol. The summed E-state index contributed by atoms with van der Waals surface area (Å²) in [4.78, 5) is 0. The zero-order valence-corrected chi connectivity index (χ0v) is 13.0. The van der Waals surface area contributed by atoms with Crippen molar-refractivity contribution >= 4 is 15.9 Å². The summed E-state index contributed by atoms with van der Waals surface area (Å²) in [5.41, 5.74) is 2.71. The van der Waals surface area contributed by atoms with E-state index in [1.54, 1.807) is 0 Å². The Kier molecular flexibility index (Phi) is 6.21. The molecular formula is C15H24BrN. The second-order valence-electron chi connectivity index (χ2n) is 5.00. The van der Waals surface area contributed by atoms with Crippen molar-refractivity contribution in [2.75, 3.05) is 7.05 Å². The van der Waals surface area contributed by atoms with Crippen molar-refractivity contribution in [2.45, 2.75) is 46.1 Å². The van der Waals surface area contributed by atoms with Gasteiger partial charge in [0.25, 0.3) is 0 Å². The van der Waals surface area contributed by atoms with Gasteiger partial charge in [-0.25, -0.2) is 0 Å². The Balaban J connectivity index is 2.82. The smallest absolute Gasteiger partial charge is 0.0331 e. The lowest BCUT2D eigenvalue weighted by Gasteiger charge is -2.22. The molecule has 0 spiro atoms. The molecule has 2 heteroatoms. The number of hydrogen-bond acceptors (Lipinski definition) is 1. The molecule has 1 aromatic carbocycles. The van der Waals surface area contributed by atoms with E-state index in [2.05, 4.69) is 67.3 Å². The predicted molar refractivity (Wildman–Crippen MR) is 79.4 cm³/mol. The molecule has 96 valence electrons. The minimum absolute atomic E-state index is 0.450. The second kappa shape index (κ2) is 7.17. The zero-order valence-electron chi connectivity index (χ0n) is 11.4. The fourth-order valence-electron chi connectivity index (χ4n) is 2.34. The molecule has 0 amide bonds. The standard InChI is InChI=1S/C15H24BrN/c1-5-6-11(2)10-15(17-4)13-9-12(3)7-8-14(13)16/h7-9,11,15,17H,5-6,10H2,1-4H3. The quantitative estimate of drug-likeness (QED) is 0.792. The maximum Gasteiger partial charge on any atom is 0.0331 e. The normalized spacial score (nSPS) is 14.6. The van der Waals surface area contributed by atoms with Crippen LogP contribution in [0.5, 0.6) is 0 Å². The summed E-state index contributed by atoms with van der Waals surface area (Å²) >= 11 is 3.66. The first-order valence-electron chi connectivity index (χ1n) is 6.51. The van der Waals surface area contributed by atoms with Crippen LogP contribution < -0.4 is 5.32 Å². The largest absolute Gasteiger partial charge is 0.313 e. The molecule has 0 radical (unpaired) electrons. The van der Waals surface area contributed by atoms with E-state index >= 15 is 0 Å². The Bertz CT molecular complexity index is 349. The van der Waals surface area contributed by atoms with Gasteiger partial charge in [-0.1, -0.05) is 60.3 Å². The van der Waals surface area contributed by atoms with Gasteiger partial charge in [0, 0.05) is 10.5 Å². The fraction of sp³-hybridized carbons (Fsp3) is 0.600. The lowest BCUT2D eigenvalue weighted by atomic mass is 9.92. The van der Waals surface area contributed by atoms with Crippen LogP contribution in [-0.2, 0) is 0 Å². The Labute approximate surface area is 114 Å². The van der Waals surface area contributed by atoms with Gasteiger partial charge >= 0.3 is 0 Å². The lowest BCUT2D eigenvalue weighted by Crippen LogP contribution is -2.19. The molecule has 0 bridgehead atoms. The van der Waals surface area contributed by atoms with Crippen LogP contribution in [-0.4, -0.2) is 7.05 Å². The second-order valence-corrected chi connectivity index (χ2v) is 5.85. The molecular weight excluding hydrogens is 274 g/mol. The number of aryl methyl sites for hydroxylation is 1. The highest BCUT2D eigenvalue weighted by molar-refractivity contribution is 9.10. The van der Waals surface area contributed by atoms with E-state index in [1.165, 1.54) is 34.9 Å². The average Bonchev–Trinajstić information content (AvgIpc) is 2.30. The van der Waals surface area contributed by atoms with Gasteiger partial charge in [-0.3, -0.25) is 0 Å². The molecule has 2 unspecified atom stereocenters. The Hall–Kier alpha value is -0.340. The molecule has 1 rings (SSSR count). The lowest BCUT2D eigenvalue weighted by molar-refractivity contribution is 0.406. The minimum Gasteiger partial charge on any atom is -0.313 e. The molecule has 0 saturated carbocycles. The van der Waals surface area contributed by atoms with E-state index in [0.717, 1.165) is 5.92 Å². The number of benzene rings is 1. The van der Waals surface area contributed by atoms with Crippen molar-refractivity contribution in [3.8, 4) is 0 Å². The van der Waals surface area contributed by atoms with Gasteiger partial charge < -0.3 is 5.32 Å². The third-order valence-electron chi connectivity index (χ3n) is 3.29. The van der Waals surface area contributed by atoms with Crippen molar-refractivity contribution in [3.05, 3.63) is 33.8 Å². The van der Waals surface area contributed by atoms with E-state index < -0.39 is 0 Å². The number of nitrogens with one attached hydrogen (secondary N) is 1. The SMILES string of the molecule is CCCC(C)CC(NC)c1cc(C)ccc1Br. The number of halogens is 1. The van der Waals surface area contributed by atoms with Crippen LogP contribution in [0, 0.1) is 12.8 Å². The molecule has 2 atom stereocenters. The molecule has 0 aliphatic heterocycles. The van der Waals surface area contributed by atoms with Crippen LogP contribution in [0.3, 0.4) is 0 Å². The first-order valence-corrected chi connectivity index (χ1v) is 7.31. The first kappa shape index (κ1) is 14.7. The van der Waals surface area contributed by atoms with E-state index in [4.69, 9.17) is 0 Å². The Morgan fingerprint density at radius 1 is 1.35 bits per heavy atom. The van der Waals surface area contributed by atoms with Crippen molar-refractivity contribution in [1.82, 2.24) is 5.32 Å². The maximum atomic E-state index is 3.66. The van der Waals surface area contributed by atoms with Crippen LogP contribution in [0.25, 0.3) is 0 Å². The highest BCUT2D eigenvalue weighted by Gasteiger charge is 2.15. The summed E-state index contributed by atoms with van der Waals surface area (Å²) in [6, 6.07) is 7.03. The van der Waals surface area contributed by atoms with Crippen molar-refractivity contribution < 1.29 is 0 Å². The fourth-order valence-corrected chi connectivity index (χ4v) is 2.87. The Morgan fingerprint density at radius 2 is 2.06 bits per heavy atom. The van der Waals surface area contributed by atoms with Gasteiger partial charge in [0.1, 0.15) is 0 Å². The maximum absolute atomic E-state index is 3.66. The Morgan fingerprint density at radius 3 is 2.65 bits per heavy atom. The molecule has 0 saturated heterocycles. The molecule has 1 aromatic rings. The van der Waals surface area contributed by atoms with Crippen LogP contribution in [0.2, 0.25) is 0 Å². The summed E-state index contributed by atoms with van der Waals surface area (Å²) in [6.07, 6.45) is 3.78. The van der Waals surface area contributed by atoms with E-state index in [0.29, 0.717) is 6.04 Å². The van der Waals surface area contributed by atoms with Gasteiger partial charge in [-0.15, -0.1) is 0 Å². The summed E-state index contributed by atoms with van der Waals surface area (Å²) in [5.74, 6) is 0.768. The topological polar surface area (TPSA) is 12.0 Å². The number of hydrogen-bond donors (Lipinski definition) is 1. The van der Waals surface area contributed by atoms with Crippen molar-refractivity contribution in [3.63, 3.8) is 0 Å². The van der Waals surface area contributed by atoms with Gasteiger partial charge in [0.05, 0.1) is 0 Å². The third-order valence-corrected chi connectivity index (χ3v) is 4.02.